The van der Waals surface area contributed by atoms with Crippen molar-refractivity contribution in [1.29, 1.82) is 0 Å². The molecule has 1 heterocycles. The number of amides is 2. The molecule has 8 nitrogen and oxygen atoms in total. The van der Waals surface area contributed by atoms with E-state index in [0.717, 1.165) is 18.2 Å². The van der Waals surface area contributed by atoms with Gasteiger partial charge in [0, 0.05) is 18.3 Å². The summed E-state index contributed by atoms with van der Waals surface area (Å²) in [5, 5.41) is 16.4. The Kier molecular flexibility index (Phi) is 9.50. The molecule has 4 N–H and O–H groups in total. The van der Waals surface area contributed by atoms with Crippen molar-refractivity contribution in [3.05, 3.63) is 75.6 Å². The van der Waals surface area contributed by atoms with Crippen LogP contribution in [-0.4, -0.2) is 35.7 Å². The molecule has 0 saturated heterocycles. The molecule has 0 spiro atoms. The van der Waals surface area contributed by atoms with E-state index in [0.29, 0.717) is 30.5 Å². The number of carbonyl (C=O) groups excluding carboxylic acids is 1. The van der Waals surface area contributed by atoms with E-state index >= 15 is 0 Å². The lowest BCUT2D eigenvalue weighted by molar-refractivity contribution is -0.137. The van der Waals surface area contributed by atoms with Gasteiger partial charge in [0.1, 0.15) is 10.4 Å². The zero-order valence-corrected chi connectivity index (χ0v) is 21.5. The molecule has 1 aromatic heterocycles. The van der Waals surface area contributed by atoms with Crippen molar-refractivity contribution in [3.63, 3.8) is 0 Å². The number of alkyl halides is 3. The Labute approximate surface area is 223 Å². The van der Waals surface area contributed by atoms with Crippen LogP contribution in [0.3, 0.4) is 0 Å². The maximum atomic E-state index is 14.0. The van der Waals surface area contributed by atoms with Gasteiger partial charge >= 0.3 is 12.3 Å². The summed E-state index contributed by atoms with van der Waals surface area (Å²) in [7, 11) is 1.41. The van der Waals surface area contributed by atoms with Crippen LogP contribution in [0.2, 0.25) is 0 Å². The minimum absolute atomic E-state index is 0.0634. The van der Waals surface area contributed by atoms with Crippen molar-refractivity contribution in [2.75, 3.05) is 24.3 Å². The molecule has 0 fully saturated rings. The average Bonchev–Trinajstić information content (AvgIpc) is 2.85. The Morgan fingerprint density at radius 3 is 2.39 bits per heavy atom. The number of nitrogens with one attached hydrogen (secondary N) is 3. The van der Waals surface area contributed by atoms with Crippen LogP contribution in [0.25, 0.3) is 0 Å². The summed E-state index contributed by atoms with van der Waals surface area (Å²) in [6.45, 7) is 0.215. The molecule has 0 saturated carbocycles. The zero-order chi connectivity index (χ0) is 27.9. The number of nitrogens with zero attached hydrogens (tertiary/aromatic N) is 1. The van der Waals surface area contributed by atoms with Gasteiger partial charge < -0.3 is 25.8 Å². The first kappa shape index (κ1) is 28.7. The highest BCUT2D eigenvalue weighted by atomic mass is 79.9. The number of unbranched alkanes of at least 4 members (excludes halogenated alkanes) is 1. The minimum Gasteiger partial charge on any atom is -0.481 e. The van der Waals surface area contributed by atoms with Crippen LogP contribution in [-0.2, 0) is 12.6 Å². The number of anilines is 3. The van der Waals surface area contributed by atoms with Crippen LogP contribution in [0, 0.1) is 5.82 Å². The van der Waals surface area contributed by atoms with Crippen LogP contribution in [0.15, 0.2) is 53.1 Å². The molecule has 13 heteroatoms. The Morgan fingerprint density at radius 1 is 1.03 bits per heavy atom. The number of rotatable bonds is 10. The van der Waals surface area contributed by atoms with E-state index in [4.69, 9.17) is 9.84 Å². The number of hydrogen-bond acceptors (Lipinski definition) is 5. The fraction of sp³-hybridized carbons (Fsp3) is 0.240. The highest BCUT2D eigenvalue weighted by Gasteiger charge is 2.32. The molecular formula is C25H23BrF4N4O4. The van der Waals surface area contributed by atoms with Crippen molar-refractivity contribution in [2.45, 2.75) is 25.4 Å². The molecule has 3 rings (SSSR count). The second-order valence-electron chi connectivity index (χ2n) is 8.02. The molecule has 0 aliphatic carbocycles. The van der Waals surface area contributed by atoms with Crippen molar-refractivity contribution >= 4 is 45.0 Å². The number of halogens is 5. The molecule has 0 aliphatic heterocycles. The molecule has 2 aromatic carbocycles. The van der Waals surface area contributed by atoms with E-state index in [1.165, 1.54) is 37.4 Å². The van der Waals surface area contributed by atoms with Gasteiger partial charge in [-0.05, 0) is 83.2 Å². The predicted octanol–water partition coefficient (Wildman–Crippen LogP) is 6.60. The smallest absolute Gasteiger partial charge is 0.416 e. The van der Waals surface area contributed by atoms with E-state index in [1.54, 1.807) is 0 Å². The molecule has 0 aliphatic rings. The Balaban J connectivity index is 1.90. The summed E-state index contributed by atoms with van der Waals surface area (Å²) in [5.74, 6) is -1.09. The van der Waals surface area contributed by atoms with Gasteiger partial charge in [-0.1, -0.05) is 0 Å². The van der Waals surface area contributed by atoms with Gasteiger partial charge in [-0.25, -0.2) is 14.2 Å². The van der Waals surface area contributed by atoms with Gasteiger partial charge in [-0.3, -0.25) is 4.79 Å². The lowest BCUT2D eigenvalue weighted by Gasteiger charge is -2.18. The van der Waals surface area contributed by atoms with Crippen LogP contribution in [0.1, 0.15) is 34.3 Å². The molecule has 0 bridgehead atoms. The third-order valence-electron chi connectivity index (χ3n) is 5.36. The maximum absolute atomic E-state index is 14.0. The fourth-order valence-electron chi connectivity index (χ4n) is 3.50. The normalized spacial score (nSPS) is 11.1. The Bertz CT molecular complexity index is 1320. The summed E-state index contributed by atoms with van der Waals surface area (Å²) in [4.78, 5) is 27.8. The summed E-state index contributed by atoms with van der Waals surface area (Å²) in [5.41, 5.74) is -0.161. The van der Waals surface area contributed by atoms with Gasteiger partial charge in [0.15, 0.2) is 0 Å². The van der Waals surface area contributed by atoms with Crippen LogP contribution in [0.5, 0.6) is 5.88 Å². The minimum atomic E-state index is -4.69. The second-order valence-corrected chi connectivity index (χ2v) is 8.77. The summed E-state index contributed by atoms with van der Waals surface area (Å²) < 4.78 is 59.6. The number of carboxylic acid groups (broad SMARTS) is 1. The fourth-order valence-corrected chi connectivity index (χ4v) is 3.91. The monoisotopic (exact) mass is 598 g/mol. The van der Waals surface area contributed by atoms with E-state index < -0.39 is 29.6 Å². The van der Waals surface area contributed by atoms with E-state index in [-0.39, 0.29) is 34.0 Å². The molecule has 202 valence electrons. The van der Waals surface area contributed by atoms with E-state index in [1.807, 2.05) is 0 Å². The number of pyridine rings is 1. The van der Waals surface area contributed by atoms with Gasteiger partial charge in [0.2, 0.25) is 5.88 Å². The number of aryl methyl sites for hydroxylation is 1. The maximum Gasteiger partial charge on any atom is 0.416 e. The quantitative estimate of drug-likeness (QED) is 0.119. The number of aromatic nitrogens is 1. The standard InChI is InChI=1S/C25H23BrF4N4O4/c1-38-21-10-9-20(22(26)34-21)33-23(35)17-13-15(25(28,29)30)5-7-19(17)32-18-8-6-16(27)12-14(18)4-2-3-11-31-24(36)37/h5-10,12-13,31-32H,2-4,11H2,1H3,(H,33,35)(H,36,37). The van der Waals surface area contributed by atoms with Crippen LogP contribution in [0.4, 0.5) is 39.4 Å². The van der Waals surface area contributed by atoms with Gasteiger partial charge in [-0.15, -0.1) is 0 Å². The summed E-state index contributed by atoms with van der Waals surface area (Å²) in [6, 6.07) is 9.52. The molecule has 3 aromatic rings. The van der Waals surface area contributed by atoms with Crippen molar-refractivity contribution in [1.82, 2.24) is 10.3 Å². The second kappa shape index (κ2) is 12.6. The molecule has 0 atom stereocenters. The van der Waals surface area contributed by atoms with Crippen LogP contribution < -0.4 is 20.7 Å². The number of methoxy groups -OCH3 is 1. The predicted molar refractivity (Wildman–Crippen MR) is 137 cm³/mol. The van der Waals surface area contributed by atoms with Gasteiger partial charge in [0.25, 0.3) is 5.91 Å². The van der Waals surface area contributed by atoms with Crippen molar-refractivity contribution in [3.8, 4) is 5.88 Å². The Morgan fingerprint density at radius 2 is 1.74 bits per heavy atom. The Hall–Kier alpha value is -3.87. The topological polar surface area (TPSA) is 113 Å². The third-order valence-corrected chi connectivity index (χ3v) is 5.96. The zero-order valence-electron chi connectivity index (χ0n) is 20.0. The van der Waals surface area contributed by atoms with Gasteiger partial charge in [0.05, 0.1) is 29.6 Å². The molecule has 2 amide bonds. The van der Waals surface area contributed by atoms with Crippen molar-refractivity contribution < 1.29 is 37.0 Å². The SMILES string of the molecule is COc1ccc(NC(=O)c2cc(C(F)(F)F)ccc2Nc2ccc(F)cc2CCCCNC(=O)O)c(Br)n1. The lowest BCUT2D eigenvalue weighted by atomic mass is 10.0. The number of carbonyl (C=O) groups is 2. The molecule has 0 unspecified atom stereocenters. The summed E-state index contributed by atoms with van der Waals surface area (Å²) >= 11 is 3.19. The van der Waals surface area contributed by atoms with E-state index in [2.05, 4.69) is 36.9 Å². The van der Waals surface area contributed by atoms with Crippen molar-refractivity contribution in [2.24, 2.45) is 0 Å². The first-order valence-corrected chi connectivity index (χ1v) is 12.0. The highest BCUT2D eigenvalue weighted by Crippen LogP contribution is 2.34. The van der Waals surface area contributed by atoms with E-state index in [9.17, 15) is 27.2 Å². The van der Waals surface area contributed by atoms with Crippen LogP contribution >= 0.6 is 15.9 Å². The largest absolute Gasteiger partial charge is 0.481 e. The van der Waals surface area contributed by atoms with Gasteiger partial charge in [-0.2, -0.15) is 13.2 Å². The summed E-state index contributed by atoms with van der Waals surface area (Å²) in [6.07, 6.45) is -4.49. The highest BCUT2D eigenvalue weighted by molar-refractivity contribution is 9.10. The number of ether oxygens (including phenoxy) is 1. The molecule has 38 heavy (non-hydrogen) atoms. The first-order valence-electron chi connectivity index (χ1n) is 11.2. The lowest BCUT2D eigenvalue weighted by Crippen LogP contribution is -2.21. The third kappa shape index (κ3) is 7.81. The number of hydrogen-bond donors (Lipinski definition) is 4. The molecule has 0 radical (unpaired) electrons. The number of benzene rings is 2. The molecular weight excluding hydrogens is 576 g/mol. The average molecular weight is 599 g/mol. The first-order chi connectivity index (χ1) is 18.0.